The van der Waals surface area contributed by atoms with Crippen LogP contribution in [0.1, 0.15) is 52.9 Å². The van der Waals surface area contributed by atoms with Crippen LogP contribution < -0.4 is 5.32 Å². The molecule has 17 heavy (non-hydrogen) atoms. The lowest BCUT2D eigenvalue weighted by Crippen LogP contribution is -2.42. The average molecular weight is 241 g/mol. The third kappa shape index (κ3) is 5.07. The van der Waals surface area contributed by atoms with Gasteiger partial charge in [0, 0.05) is 5.92 Å². The maximum absolute atomic E-state index is 12.0. The van der Waals surface area contributed by atoms with Crippen LogP contribution in [-0.4, -0.2) is 23.7 Å². The van der Waals surface area contributed by atoms with Crippen molar-refractivity contribution in [3.8, 4) is 0 Å². The number of amides is 1. The van der Waals surface area contributed by atoms with Crippen molar-refractivity contribution in [2.75, 3.05) is 6.61 Å². The molecule has 0 aliphatic heterocycles. The van der Waals surface area contributed by atoms with E-state index >= 15 is 0 Å². The van der Waals surface area contributed by atoms with Crippen LogP contribution >= 0.6 is 0 Å². The zero-order valence-electron chi connectivity index (χ0n) is 11.4. The van der Waals surface area contributed by atoms with Crippen molar-refractivity contribution in [1.82, 2.24) is 5.32 Å². The molecule has 0 aromatic heterocycles. The first-order valence-corrected chi connectivity index (χ1v) is 6.94. The Morgan fingerprint density at radius 2 is 1.88 bits per heavy atom. The van der Waals surface area contributed by atoms with Crippen LogP contribution in [0.3, 0.4) is 0 Å². The van der Waals surface area contributed by atoms with Gasteiger partial charge >= 0.3 is 0 Å². The lowest BCUT2D eigenvalue weighted by molar-refractivity contribution is -0.127. The molecule has 1 saturated carbocycles. The molecule has 1 aliphatic carbocycles. The number of nitrogens with one attached hydrogen (secondary N) is 1. The smallest absolute Gasteiger partial charge is 0.223 e. The third-order valence-electron chi connectivity index (χ3n) is 3.71. The maximum Gasteiger partial charge on any atom is 0.223 e. The Bertz CT molecular complexity index is 232. The van der Waals surface area contributed by atoms with Crippen molar-refractivity contribution >= 4 is 5.91 Å². The minimum atomic E-state index is -0.0677. The standard InChI is InChI=1S/C14H27NO2/c1-10(2)8-13(9-16)15-14(17)12-6-4-11(3)5-7-12/h10-13,16H,4-9H2,1-3H3,(H,15,17). The number of hydrogen-bond acceptors (Lipinski definition) is 2. The van der Waals surface area contributed by atoms with Gasteiger partial charge in [0.1, 0.15) is 0 Å². The Hall–Kier alpha value is -0.570. The van der Waals surface area contributed by atoms with Gasteiger partial charge in [-0.2, -0.15) is 0 Å². The molecule has 100 valence electrons. The van der Waals surface area contributed by atoms with E-state index in [4.69, 9.17) is 0 Å². The topological polar surface area (TPSA) is 49.3 Å². The van der Waals surface area contributed by atoms with Crippen LogP contribution in [0.4, 0.5) is 0 Å². The van der Waals surface area contributed by atoms with Crippen molar-refractivity contribution in [3.63, 3.8) is 0 Å². The van der Waals surface area contributed by atoms with E-state index in [1.54, 1.807) is 0 Å². The number of hydrogen-bond donors (Lipinski definition) is 2. The second-order valence-corrected chi connectivity index (χ2v) is 5.97. The van der Waals surface area contributed by atoms with Crippen molar-refractivity contribution in [3.05, 3.63) is 0 Å². The Kier molecular flexibility index (Phi) is 5.96. The number of carbonyl (C=O) groups is 1. The molecule has 1 rings (SSSR count). The third-order valence-corrected chi connectivity index (χ3v) is 3.71. The van der Waals surface area contributed by atoms with E-state index < -0.39 is 0 Å². The van der Waals surface area contributed by atoms with Gasteiger partial charge in [-0.25, -0.2) is 0 Å². The monoisotopic (exact) mass is 241 g/mol. The predicted molar refractivity (Wildman–Crippen MR) is 69.6 cm³/mol. The average Bonchev–Trinajstić information content (AvgIpc) is 2.28. The van der Waals surface area contributed by atoms with Crippen LogP contribution in [0.5, 0.6) is 0 Å². The molecule has 0 bridgehead atoms. The summed E-state index contributed by atoms with van der Waals surface area (Å²) in [6.45, 7) is 6.52. The summed E-state index contributed by atoms with van der Waals surface area (Å²) in [6.07, 6.45) is 5.18. The molecule has 0 radical (unpaired) electrons. The Balaban J connectivity index is 2.36. The first-order valence-electron chi connectivity index (χ1n) is 6.94. The molecule has 1 unspecified atom stereocenters. The van der Waals surface area contributed by atoms with Crippen molar-refractivity contribution < 1.29 is 9.90 Å². The summed E-state index contributed by atoms with van der Waals surface area (Å²) in [5.41, 5.74) is 0. The van der Waals surface area contributed by atoms with E-state index in [1.807, 2.05) is 0 Å². The summed E-state index contributed by atoms with van der Waals surface area (Å²) < 4.78 is 0. The number of carbonyl (C=O) groups excluding carboxylic acids is 1. The highest BCUT2D eigenvalue weighted by molar-refractivity contribution is 5.79. The molecule has 0 saturated heterocycles. The van der Waals surface area contributed by atoms with E-state index in [-0.39, 0.29) is 24.5 Å². The molecule has 1 fully saturated rings. The molecule has 1 aliphatic rings. The van der Waals surface area contributed by atoms with Crippen molar-refractivity contribution in [2.45, 2.75) is 58.9 Å². The summed E-state index contributed by atoms with van der Waals surface area (Å²) in [7, 11) is 0. The minimum Gasteiger partial charge on any atom is -0.394 e. The minimum absolute atomic E-state index is 0.0487. The summed E-state index contributed by atoms with van der Waals surface area (Å²) in [5, 5.41) is 12.2. The largest absolute Gasteiger partial charge is 0.394 e. The quantitative estimate of drug-likeness (QED) is 0.776. The summed E-state index contributed by atoms with van der Waals surface area (Å²) in [6, 6.07) is -0.0677. The van der Waals surface area contributed by atoms with Gasteiger partial charge in [0.25, 0.3) is 0 Å². The molecule has 1 amide bonds. The second kappa shape index (κ2) is 7.00. The van der Waals surface area contributed by atoms with Crippen molar-refractivity contribution in [1.29, 1.82) is 0 Å². The second-order valence-electron chi connectivity index (χ2n) is 5.97. The zero-order valence-corrected chi connectivity index (χ0v) is 11.4. The number of rotatable bonds is 5. The van der Waals surface area contributed by atoms with Crippen LogP contribution in [-0.2, 0) is 4.79 Å². The fourth-order valence-corrected chi connectivity index (χ4v) is 2.59. The molecule has 1 atom stereocenters. The lowest BCUT2D eigenvalue weighted by Gasteiger charge is -2.27. The van der Waals surface area contributed by atoms with E-state index in [2.05, 4.69) is 26.1 Å². The van der Waals surface area contributed by atoms with Gasteiger partial charge in [-0.1, -0.05) is 20.8 Å². The molecule has 0 aromatic rings. The van der Waals surface area contributed by atoms with Crippen LogP contribution in [0.25, 0.3) is 0 Å². The molecule has 0 heterocycles. The zero-order chi connectivity index (χ0) is 12.8. The highest BCUT2D eigenvalue weighted by Crippen LogP contribution is 2.28. The highest BCUT2D eigenvalue weighted by Gasteiger charge is 2.25. The molecular formula is C14H27NO2. The number of aliphatic hydroxyl groups is 1. The molecule has 3 nitrogen and oxygen atoms in total. The van der Waals surface area contributed by atoms with Crippen molar-refractivity contribution in [2.24, 2.45) is 17.8 Å². The summed E-state index contributed by atoms with van der Waals surface area (Å²) in [4.78, 5) is 12.0. The lowest BCUT2D eigenvalue weighted by atomic mass is 9.82. The molecular weight excluding hydrogens is 214 g/mol. The SMILES string of the molecule is CC(C)CC(CO)NC(=O)C1CCC(C)CC1. The molecule has 0 aromatic carbocycles. The van der Waals surface area contributed by atoms with E-state index in [9.17, 15) is 9.90 Å². The summed E-state index contributed by atoms with van der Waals surface area (Å²) in [5.74, 6) is 1.59. The van der Waals surface area contributed by atoms with Gasteiger partial charge in [-0.3, -0.25) is 4.79 Å². The van der Waals surface area contributed by atoms with Gasteiger partial charge in [-0.15, -0.1) is 0 Å². The first-order chi connectivity index (χ1) is 8.02. The van der Waals surface area contributed by atoms with Gasteiger partial charge in [0.05, 0.1) is 12.6 Å². The van der Waals surface area contributed by atoms with Gasteiger partial charge in [0.15, 0.2) is 0 Å². The van der Waals surface area contributed by atoms with E-state index in [0.29, 0.717) is 5.92 Å². The normalized spacial score (nSPS) is 26.9. The van der Waals surface area contributed by atoms with Gasteiger partial charge in [-0.05, 0) is 43.9 Å². The first kappa shape index (κ1) is 14.5. The fourth-order valence-electron chi connectivity index (χ4n) is 2.59. The van der Waals surface area contributed by atoms with E-state index in [1.165, 1.54) is 0 Å². The molecule has 2 N–H and O–H groups in total. The van der Waals surface area contributed by atoms with Crippen LogP contribution in [0.2, 0.25) is 0 Å². The highest BCUT2D eigenvalue weighted by atomic mass is 16.3. The maximum atomic E-state index is 12.0. The molecule has 0 spiro atoms. The fraction of sp³-hybridized carbons (Fsp3) is 0.929. The Morgan fingerprint density at radius 3 is 2.35 bits per heavy atom. The predicted octanol–water partition coefficient (Wildman–Crippen LogP) is 2.34. The Labute approximate surface area is 105 Å². The Morgan fingerprint density at radius 1 is 1.29 bits per heavy atom. The van der Waals surface area contributed by atoms with Crippen LogP contribution in [0.15, 0.2) is 0 Å². The van der Waals surface area contributed by atoms with Gasteiger partial charge in [0.2, 0.25) is 5.91 Å². The number of aliphatic hydroxyl groups excluding tert-OH is 1. The molecule has 3 heteroatoms. The summed E-state index contributed by atoms with van der Waals surface area (Å²) >= 11 is 0. The van der Waals surface area contributed by atoms with Gasteiger partial charge < -0.3 is 10.4 Å². The van der Waals surface area contributed by atoms with Crippen LogP contribution in [0, 0.1) is 17.8 Å². The van der Waals surface area contributed by atoms with E-state index in [0.717, 1.165) is 38.0 Å².